The van der Waals surface area contributed by atoms with Crippen molar-refractivity contribution in [3.05, 3.63) is 82.8 Å². The minimum absolute atomic E-state index is 0.0537. The Morgan fingerprint density at radius 3 is 2.27 bits per heavy atom. The van der Waals surface area contributed by atoms with Crippen LogP contribution in [0.3, 0.4) is 0 Å². The van der Waals surface area contributed by atoms with Gasteiger partial charge in [-0.2, -0.15) is 0 Å². The maximum atomic E-state index is 11.7. The molecule has 0 spiro atoms. The zero-order valence-corrected chi connectivity index (χ0v) is 13.9. The van der Waals surface area contributed by atoms with Crippen molar-refractivity contribution in [1.29, 1.82) is 0 Å². The Labute approximate surface area is 149 Å². The summed E-state index contributed by atoms with van der Waals surface area (Å²) in [6.45, 7) is -0.0537. The van der Waals surface area contributed by atoms with Crippen LogP contribution in [-0.2, 0) is 11.3 Å². The van der Waals surface area contributed by atoms with Crippen LogP contribution < -0.4 is 5.43 Å². The first-order valence-electron chi connectivity index (χ1n) is 8.19. The lowest BCUT2D eigenvalue weighted by atomic mass is 9.89. The van der Waals surface area contributed by atoms with Gasteiger partial charge < -0.3 is 19.9 Å². The summed E-state index contributed by atoms with van der Waals surface area (Å²) in [5.74, 6) is -2.70. The van der Waals surface area contributed by atoms with E-state index in [1.54, 1.807) is 18.2 Å². The molecule has 134 valence electrons. The number of aromatic nitrogens is 1. The predicted octanol–water partition coefficient (Wildman–Crippen LogP) is 1.80. The monoisotopic (exact) mass is 353 g/mol. The Hall–Kier alpha value is -2.96. The van der Waals surface area contributed by atoms with Crippen molar-refractivity contribution in [1.82, 2.24) is 4.57 Å². The molecule has 0 bridgehead atoms. The normalized spacial score (nSPS) is 14.7. The summed E-state index contributed by atoms with van der Waals surface area (Å²) in [4.78, 5) is 22.8. The predicted molar refractivity (Wildman–Crippen MR) is 96.7 cm³/mol. The maximum Gasteiger partial charge on any atom is 0.312 e. The minimum Gasteiger partial charge on any atom is -0.481 e. The zero-order valence-electron chi connectivity index (χ0n) is 13.9. The number of benzene rings is 2. The van der Waals surface area contributed by atoms with Crippen LogP contribution in [0, 0.1) is 5.92 Å². The minimum atomic E-state index is -1.41. The molecule has 3 atom stereocenters. The number of nitrogens with zero attached hydrogens (tertiary/aromatic N) is 1. The molecule has 1 aromatic heterocycles. The Morgan fingerprint density at radius 2 is 1.62 bits per heavy atom. The molecule has 6 heteroatoms. The van der Waals surface area contributed by atoms with Gasteiger partial charge in [0.2, 0.25) is 0 Å². The van der Waals surface area contributed by atoms with E-state index < -0.39 is 24.1 Å². The van der Waals surface area contributed by atoms with Gasteiger partial charge in [-0.25, -0.2) is 0 Å². The van der Waals surface area contributed by atoms with Gasteiger partial charge in [-0.3, -0.25) is 9.59 Å². The fourth-order valence-electron chi connectivity index (χ4n) is 3.00. The molecule has 6 nitrogen and oxygen atoms in total. The van der Waals surface area contributed by atoms with Gasteiger partial charge in [-0.15, -0.1) is 0 Å². The van der Waals surface area contributed by atoms with Crippen LogP contribution in [0.2, 0.25) is 0 Å². The average Bonchev–Trinajstić information content (AvgIpc) is 2.63. The quantitative estimate of drug-likeness (QED) is 0.627. The molecule has 0 saturated carbocycles. The zero-order chi connectivity index (χ0) is 18.7. The molecule has 0 aliphatic carbocycles. The third kappa shape index (κ3) is 3.82. The topological polar surface area (TPSA) is 99.8 Å². The largest absolute Gasteiger partial charge is 0.481 e. The molecule has 0 fully saturated rings. The van der Waals surface area contributed by atoms with E-state index in [9.17, 15) is 24.9 Å². The fraction of sp³-hybridized carbons (Fsp3) is 0.200. The van der Waals surface area contributed by atoms with E-state index in [4.69, 9.17) is 0 Å². The summed E-state index contributed by atoms with van der Waals surface area (Å²) in [5.41, 5.74) is 0.247. The number of carboxylic acids is 1. The summed E-state index contributed by atoms with van der Waals surface area (Å²) >= 11 is 0. The lowest BCUT2D eigenvalue weighted by molar-refractivity contribution is -0.152. The van der Waals surface area contributed by atoms with E-state index >= 15 is 0 Å². The Balaban J connectivity index is 1.86. The van der Waals surface area contributed by atoms with Crippen LogP contribution in [0.15, 0.2) is 71.8 Å². The highest BCUT2D eigenvalue weighted by atomic mass is 16.4. The fourth-order valence-corrected chi connectivity index (χ4v) is 3.00. The van der Waals surface area contributed by atoms with Crippen LogP contribution in [0.25, 0.3) is 10.8 Å². The average molecular weight is 353 g/mol. The molecule has 0 aliphatic rings. The number of pyridine rings is 1. The van der Waals surface area contributed by atoms with E-state index in [1.165, 1.54) is 29.1 Å². The lowest BCUT2D eigenvalue weighted by Crippen LogP contribution is -2.36. The van der Waals surface area contributed by atoms with Crippen molar-refractivity contribution < 1.29 is 20.1 Å². The molecule has 3 aromatic rings. The molecule has 26 heavy (non-hydrogen) atoms. The first-order chi connectivity index (χ1) is 12.5. The van der Waals surface area contributed by atoms with Gasteiger partial charge in [-0.05, 0) is 22.4 Å². The maximum absolute atomic E-state index is 11.7. The summed E-state index contributed by atoms with van der Waals surface area (Å²) < 4.78 is 1.51. The smallest absolute Gasteiger partial charge is 0.312 e. The molecule has 0 saturated heterocycles. The van der Waals surface area contributed by atoms with Crippen LogP contribution in [-0.4, -0.2) is 32.0 Å². The summed E-state index contributed by atoms with van der Waals surface area (Å²) in [7, 11) is 0. The second kappa shape index (κ2) is 7.51. The summed E-state index contributed by atoms with van der Waals surface area (Å²) in [5, 5.41) is 32.4. The highest BCUT2D eigenvalue weighted by Crippen LogP contribution is 2.28. The summed E-state index contributed by atoms with van der Waals surface area (Å²) in [6.07, 6.45) is 0.225. The first-order valence-corrected chi connectivity index (χ1v) is 8.19. The third-order valence-electron chi connectivity index (χ3n) is 4.41. The van der Waals surface area contributed by atoms with Crippen LogP contribution in [0.5, 0.6) is 0 Å². The van der Waals surface area contributed by atoms with Gasteiger partial charge in [0.15, 0.2) is 5.43 Å². The SMILES string of the molecule is O=C(O)C(C(O)Cn1ccc(=O)cc1)C(O)c1ccc2ccccc2c1. The Morgan fingerprint density at radius 1 is 0.962 bits per heavy atom. The number of fused-ring (bicyclic) bond motifs is 1. The highest BCUT2D eigenvalue weighted by Gasteiger charge is 2.34. The molecule has 3 rings (SSSR count). The second-order valence-corrected chi connectivity index (χ2v) is 6.21. The van der Waals surface area contributed by atoms with E-state index in [2.05, 4.69) is 0 Å². The Bertz CT molecular complexity index is 961. The number of hydrogen-bond acceptors (Lipinski definition) is 4. The van der Waals surface area contributed by atoms with Crippen LogP contribution >= 0.6 is 0 Å². The second-order valence-electron chi connectivity index (χ2n) is 6.21. The van der Waals surface area contributed by atoms with E-state index in [0.717, 1.165) is 10.8 Å². The van der Waals surface area contributed by atoms with Gasteiger partial charge in [0, 0.05) is 31.1 Å². The number of aliphatic hydroxyl groups excluding tert-OH is 2. The molecular formula is C20H19NO5. The number of aliphatic carboxylic acids is 1. The van der Waals surface area contributed by atoms with Gasteiger partial charge in [0.25, 0.3) is 0 Å². The van der Waals surface area contributed by atoms with Crippen molar-refractivity contribution >= 4 is 16.7 Å². The van der Waals surface area contributed by atoms with Gasteiger partial charge >= 0.3 is 5.97 Å². The van der Waals surface area contributed by atoms with Gasteiger partial charge in [-0.1, -0.05) is 36.4 Å². The molecule has 3 N–H and O–H groups in total. The summed E-state index contributed by atoms with van der Waals surface area (Å²) in [6, 6.07) is 15.4. The molecular weight excluding hydrogens is 334 g/mol. The standard InChI is InChI=1S/C20H19NO5/c22-16-7-9-21(10-8-16)12-17(23)18(20(25)26)19(24)15-6-5-13-3-1-2-4-14(13)11-15/h1-11,17-19,23-24H,12H2,(H,25,26). The van der Waals surface area contributed by atoms with E-state index in [0.29, 0.717) is 5.56 Å². The third-order valence-corrected chi connectivity index (χ3v) is 4.41. The first kappa shape index (κ1) is 17.8. The number of rotatable bonds is 6. The van der Waals surface area contributed by atoms with Crippen molar-refractivity contribution in [2.45, 2.75) is 18.8 Å². The van der Waals surface area contributed by atoms with Crippen LogP contribution in [0.4, 0.5) is 0 Å². The number of aliphatic hydroxyl groups is 2. The van der Waals surface area contributed by atoms with Crippen LogP contribution in [0.1, 0.15) is 11.7 Å². The van der Waals surface area contributed by atoms with Gasteiger partial charge in [0.1, 0.15) is 5.92 Å². The lowest BCUT2D eigenvalue weighted by Gasteiger charge is -2.25. The molecule has 3 unspecified atom stereocenters. The number of carbonyl (C=O) groups is 1. The number of hydrogen-bond donors (Lipinski definition) is 3. The van der Waals surface area contributed by atoms with Crippen molar-refractivity contribution in [2.75, 3.05) is 0 Å². The van der Waals surface area contributed by atoms with Gasteiger partial charge in [0.05, 0.1) is 12.2 Å². The molecule has 0 amide bonds. The van der Waals surface area contributed by atoms with Crippen molar-refractivity contribution in [2.24, 2.45) is 5.92 Å². The Kier molecular flexibility index (Phi) is 5.16. The van der Waals surface area contributed by atoms with E-state index in [1.807, 2.05) is 24.3 Å². The van der Waals surface area contributed by atoms with E-state index in [-0.39, 0.29) is 12.0 Å². The van der Waals surface area contributed by atoms with Crippen molar-refractivity contribution in [3.8, 4) is 0 Å². The molecule has 0 radical (unpaired) electrons. The van der Waals surface area contributed by atoms with Crippen molar-refractivity contribution in [3.63, 3.8) is 0 Å². The number of carboxylic acid groups (broad SMARTS) is 1. The molecule has 1 heterocycles. The molecule has 0 aliphatic heterocycles. The highest BCUT2D eigenvalue weighted by molar-refractivity contribution is 5.83. The molecule has 2 aromatic carbocycles.